The first-order valence-electron chi connectivity index (χ1n) is 6.32. The van der Waals surface area contributed by atoms with Gasteiger partial charge in [0.25, 0.3) is 0 Å². The van der Waals surface area contributed by atoms with Crippen molar-refractivity contribution in [1.82, 2.24) is 5.32 Å². The molecule has 18 heavy (non-hydrogen) atoms. The predicted octanol–water partition coefficient (Wildman–Crippen LogP) is 2.79. The van der Waals surface area contributed by atoms with E-state index in [2.05, 4.69) is 21.2 Å². The SMILES string of the molecule is CC(NC(=O)C1CCCC1O)c1ccccc1Br. The topological polar surface area (TPSA) is 49.3 Å². The van der Waals surface area contributed by atoms with Crippen LogP contribution in [0, 0.1) is 5.92 Å². The predicted molar refractivity (Wildman–Crippen MR) is 74.0 cm³/mol. The summed E-state index contributed by atoms with van der Waals surface area (Å²) in [6, 6.07) is 7.79. The number of hydrogen-bond acceptors (Lipinski definition) is 2. The molecule has 98 valence electrons. The number of amides is 1. The molecule has 0 bridgehead atoms. The van der Waals surface area contributed by atoms with Crippen molar-refractivity contribution in [3.05, 3.63) is 34.3 Å². The first-order chi connectivity index (χ1) is 8.59. The smallest absolute Gasteiger partial charge is 0.226 e. The third kappa shape index (κ3) is 2.93. The Balaban J connectivity index is 2.01. The van der Waals surface area contributed by atoms with Gasteiger partial charge < -0.3 is 10.4 Å². The Morgan fingerprint density at radius 1 is 1.44 bits per heavy atom. The molecule has 2 rings (SSSR count). The molecular formula is C14H18BrNO2. The van der Waals surface area contributed by atoms with E-state index < -0.39 is 6.10 Å². The molecule has 3 atom stereocenters. The van der Waals surface area contributed by atoms with Crippen molar-refractivity contribution in [1.29, 1.82) is 0 Å². The Morgan fingerprint density at radius 3 is 2.78 bits per heavy atom. The van der Waals surface area contributed by atoms with Crippen molar-refractivity contribution < 1.29 is 9.90 Å². The van der Waals surface area contributed by atoms with E-state index in [4.69, 9.17) is 0 Å². The van der Waals surface area contributed by atoms with Gasteiger partial charge in [-0.3, -0.25) is 4.79 Å². The van der Waals surface area contributed by atoms with E-state index in [9.17, 15) is 9.90 Å². The average molecular weight is 312 g/mol. The highest BCUT2D eigenvalue weighted by atomic mass is 79.9. The largest absolute Gasteiger partial charge is 0.392 e. The quantitative estimate of drug-likeness (QED) is 0.902. The molecule has 1 fully saturated rings. The lowest BCUT2D eigenvalue weighted by Gasteiger charge is -2.20. The van der Waals surface area contributed by atoms with Crippen LogP contribution in [0.1, 0.15) is 37.8 Å². The van der Waals surface area contributed by atoms with E-state index in [-0.39, 0.29) is 17.9 Å². The number of aliphatic hydroxyl groups is 1. The summed E-state index contributed by atoms with van der Waals surface area (Å²) in [7, 11) is 0. The van der Waals surface area contributed by atoms with Gasteiger partial charge in [0.2, 0.25) is 5.91 Å². The van der Waals surface area contributed by atoms with Crippen molar-refractivity contribution >= 4 is 21.8 Å². The summed E-state index contributed by atoms with van der Waals surface area (Å²) < 4.78 is 0.991. The van der Waals surface area contributed by atoms with Crippen molar-refractivity contribution in [3.63, 3.8) is 0 Å². The van der Waals surface area contributed by atoms with E-state index in [1.807, 2.05) is 31.2 Å². The number of rotatable bonds is 3. The molecule has 1 amide bonds. The van der Waals surface area contributed by atoms with Crippen LogP contribution in [-0.2, 0) is 4.79 Å². The molecule has 0 heterocycles. The minimum Gasteiger partial charge on any atom is -0.392 e. The summed E-state index contributed by atoms with van der Waals surface area (Å²) in [5.41, 5.74) is 1.05. The molecule has 0 spiro atoms. The molecule has 4 heteroatoms. The molecule has 3 unspecified atom stereocenters. The Labute approximate surface area is 116 Å². The molecule has 1 aromatic rings. The normalized spacial score (nSPS) is 24.8. The maximum Gasteiger partial charge on any atom is 0.226 e. The minimum absolute atomic E-state index is 0.0387. The molecule has 0 aliphatic heterocycles. The van der Waals surface area contributed by atoms with Gasteiger partial charge in [-0.15, -0.1) is 0 Å². The molecule has 3 nitrogen and oxygen atoms in total. The third-order valence-electron chi connectivity index (χ3n) is 3.55. The maximum absolute atomic E-state index is 12.1. The van der Waals surface area contributed by atoms with Crippen LogP contribution in [0.25, 0.3) is 0 Å². The van der Waals surface area contributed by atoms with Gasteiger partial charge in [0.1, 0.15) is 0 Å². The third-order valence-corrected chi connectivity index (χ3v) is 4.27. The summed E-state index contributed by atoms with van der Waals surface area (Å²) in [5, 5.41) is 12.7. The van der Waals surface area contributed by atoms with Gasteiger partial charge in [-0.05, 0) is 37.8 Å². The highest BCUT2D eigenvalue weighted by Gasteiger charge is 2.32. The van der Waals surface area contributed by atoms with Crippen molar-refractivity contribution in [2.75, 3.05) is 0 Å². The highest BCUT2D eigenvalue weighted by molar-refractivity contribution is 9.10. The van der Waals surface area contributed by atoms with Crippen LogP contribution in [0.15, 0.2) is 28.7 Å². The van der Waals surface area contributed by atoms with Gasteiger partial charge in [-0.1, -0.05) is 34.1 Å². The fourth-order valence-electron chi connectivity index (χ4n) is 2.47. The second-order valence-electron chi connectivity index (χ2n) is 4.86. The number of nitrogens with one attached hydrogen (secondary N) is 1. The van der Waals surface area contributed by atoms with Crippen LogP contribution in [-0.4, -0.2) is 17.1 Å². The fourth-order valence-corrected chi connectivity index (χ4v) is 3.10. The molecule has 1 aliphatic rings. The van der Waals surface area contributed by atoms with E-state index in [1.165, 1.54) is 0 Å². The molecule has 2 N–H and O–H groups in total. The lowest BCUT2D eigenvalue weighted by atomic mass is 10.0. The number of benzene rings is 1. The van der Waals surface area contributed by atoms with Crippen molar-refractivity contribution in [2.45, 2.75) is 38.3 Å². The van der Waals surface area contributed by atoms with Gasteiger partial charge in [0, 0.05) is 4.47 Å². The Kier molecular flexibility index (Phi) is 4.40. The molecule has 0 radical (unpaired) electrons. The van der Waals surface area contributed by atoms with Gasteiger partial charge in [0.15, 0.2) is 0 Å². The summed E-state index contributed by atoms with van der Waals surface area (Å²) in [6.45, 7) is 1.96. The van der Waals surface area contributed by atoms with Crippen LogP contribution >= 0.6 is 15.9 Å². The van der Waals surface area contributed by atoms with Gasteiger partial charge in [0.05, 0.1) is 18.1 Å². The number of carbonyl (C=O) groups is 1. The van der Waals surface area contributed by atoms with Crippen LogP contribution in [0.3, 0.4) is 0 Å². The first-order valence-corrected chi connectivity index (χ1v) is 7.11. The van der Waals surface area contributed by atoms with Gasteiger partial charge in [-0.25, -0.2) is 0 Å². The Bertz CT molecular complexity index is 436. The monoisotopic (exact) mass is 311 g/mol. The Hall–Kier alpha value is -0.870. The molecular weight excluding hydrogens is 294 g/mol. The zero-order valence-electron chi connectivity index (χ0n) is 10.4. The Morgan fingerprint density at radius 2 is 2.17 bits per heavy atom. The van der Waals surface area contributed by atoms with Gasteiger partial charge in [-0.2, -0.15) is 0 Å². The molecule has 1 saturated carbocycles. The lowest BCUT2D eigenvalue weighted by molar-refractivity contribution is -0.128. The second kappa shape index (κ2) is 5.85. The molecule has 1 aromatic carbocycles. The highest BCUT2D eigenvalue weighted by Crippen LogP contribution is 2.27. The van der Waals surface area contributed by atoms with E-state index >= 15 is 0 Å². The summed E-state index contributed by atoms with van der Waals surface area (Å²) in [4.78, 5) is 12.1. The van der Waals surface area contributed by atoms with Crippen LogP contribution < -0.4 is 5.32 Å². The minimum atomic E-state index is -0.476. The number of aliphatic hydroxyl groups excluding tert-OH is 1. The van der Waals surface area contributed by atoms with Crippen LogP contribution in [0.5, 0.6) is 0 Å². The maximum atomic E-state index is 12.1. The van der Waals surface area contributed by atoms with Crippen LogP contribution in [0.4, 0.5) is 0 Å². The lowest BCUT2D eigenvalue weighted by Crippen LogP contribution is -2.36. The second-order valence-corrected chi connectivity index (χ2v) is 5.71. The summed E-state index contributed by atoms with van der Waals surface area (Å²) >= 11 is 3.48. The number of halogens is 1. The fraction of sp³-hybridized carbons (Fsp3) is 0.500. The first kappa shape index (κ1) is 13.6. The molecule has 1 aliphatic carbocycles. The number of hydrogen-bond donors (Lipinski definition) is 2. The van der Waals surface area contributed by atoms with E-state index in [0.29, 0.717) is 0 Å². The molecule has 0 aromatic heterocycles. The van der Waals surface area contributed by atoms with Gasteiger partial charge >= 0.3 is 0 Å². The van der Waals surface area contributed by atoms with Crippen molar-refractivity contribution in [2.24, 2.45) is 5.92 Å². The molecule has 0 saturated heterocycles. The van der Waals surface area contributed by atoms with E-state index in [1.54, 1.807) is 0 Å². The van der Waals surface area contributed by atoms with E-state index in [0.717, 1.165) is 29.3 Å². The van der Waals surface area contributed by atoms with Crippen molar-refractivity contribution in [3.8, 4) is 0 Å². The summed E-state index contributed by atoms with van der Waals surface area (Å²) in [5.74, 6) is -0.279. The summed E-state index contributed by atoms with van der Waals surface area (Å²) in [6.07, 6.45) is 1.98. The zero-order chi connectivity index (χ0) is 13.1. The standard InChI is InChI=1S/C14H18BrNO2/c1-9(10-5-2-3-7-12(10)15)16-14(18)11-6-4-8-13(11)17/h2-3,5,7,9,11,13,17H,4,6,8H2,1H3,(H,16,18). The average Bonchev–Trinajstić information content (AvgIpc) is 2.76. The number of carbonyl (C=O) groups excluding carboxylic acids is 1. The van der Waals surface area contributed by atoms with Crippen LogP contribution in [0.2, 0.25) is 0 Å². The zero-order valence-corrected chi connectivity index (χ0v) is 12.0.